The minimum Gasteiger partial charge on any atom is -0.318 e. The van der Waals surface area contributed by atoms with E-state index in [0.717, 1.165) is 5.92 Å². The molecule has 0 amide bonds. The third-order valence-corrected chi connectivity index (χ3v) is 3.47. The highest BCUT2D eigenvalue weighted by atomic mass is 15.5. The Labute approximate surface area is 86.7 Å². The van der Waals surface area contributed by atoms with Crippen LogP contribution in [0.2, 0.25) is 0 Å². The number of hydrogen-bond donors (Lipinski definition) is 1. The lowest BCUT2D eigenvalue weighted by atomic mass is 9.87. The molecule has 0 aromatic heterocycles. The maximum absolute atomic E-state index is 3.51. The van der Waals surface area contributed by atoms with Gasteiger partial charge in [-0.1, -0.05) is 0 Å². The monoisotopic (exact) mass is 195 g/mol. The fourth-order valence-electron chi connectivity index (χ4n) is 2.58. The van der Waals surface area contributed by atoms with Gasteiger partial charge in [-0.05, 0) is 51.4 Å². The molecule has 0 bridgehead atoms. The van der Waals surface area contributed by atoms with Gasteiger partial charge in [0.15, 0.2) is 0 Å². The van der Waals surface area contributed by atoms with E-state index in [-0.39, 0.29) is 0 Å². The summed E-state index contributed by atoms with van der Waals surface area (Å²) in [5, 5.41) is 2.10. The molecule has 0 aliphatic carbocycles. The Morgan fingerprint density at radius 2 is 1.93 bits per heavy atom. The second-order valence-corrected chi connectivity index (χ2v) is 4.73. The Morgan fingerprint density at radius 3 is 2.43 bits per heavy atom. The minimum atomic E-state index is 0.591. The van der Waals surface area contributed by atoms with Crippen LogP contribution < -0.4 is 5.43 Å². The highest BCUT2D eigenvalue weighted by Gasteiger charge is 2.29. The highest BCUT2D eigenvalue weighted by molar-refractivity contribution is 5.13. The van der Waals surface area contributed by atoms with E-state index in [1.54, 1.807) is 0 Å². The van der Waals surface area contributed by atoms with E-state index in [9.17, 15) is 0 Å². The molecular weight excluding hydrogens is 174 g/mol. The summed E-state index contributed by atoms with van der Waals surface area (Å²) in [6.07, 6.45) is 4.86. The first kappa shape index (κ1) is 9.99. The summed E-state index contributed by atoms with van der Waals surface area (Å²) < 4.78 is 0. The molecule has 1 N–H and O–H groups in total. The van der Waals surface area contributed by atoms with E-state index in [1.807, 2.05) is 0 Å². The summed E-state index contributed by atoms with van der Waals surface area (Å²) in [4.78, 5) is 2.42. The molecule has 0 aromatic carbocycles. The summed E-state index contributed by atoms with van der Waals surface area (Å²) >= 11 is 0. The van der Waals surface area contributed by atoms with Crippen LogP contribution in [0.3, 0.4) is 0 Å². The van der Waals surface area contributed by atoms with Crippen molar-refractivity contribution in [2.75, 3.05) is 27.2 Å². The molecule has 2 aliphatic rings. The summed E-state index contributed by atoms with van der Waals surface area (Å²) in [5.74, 6) is 0.826. The Bertz CT molecular complexity index is 229. The maximum atomic E-state index is 3.51. The van der Waals surface area contributed by atoms with Crippen molar-refractivity contribution in [1.29, 1.82) is 0 Å². The van der Waals surface area contributed by atoms with E-state index < -0.39 is 0 Å². The molecule has 1 atom stereocenters. The Morgan fingerprint density at radius 1 is 1.29 bits per heavy atom. The molecular formula is C11H21N3. The average Bonchev–Trinajstić information content (AvgIpc) is 2.47. The zero-order valence-electron chi connectivity index (χ0n) is 9.45. The minimum absolute atomic E-state index is 0.591. The van der Waals surface area contributed by atoms with Crippen LogP contribution in [0.15, 0.2) is 11.8 Å². The third kappa shape index (κ3) is 1.93. The number of rotatable bonds is 1. The molecule has 0 saturated carbocycles. The first-order chi connectivity index (χ1) is 6.66. The molecule has 1 saturated heterocycles. The molecule has 14 heavy (non-hydrogen) atoms. The van der Waals surface area contributed by atoms with E-state index in [2.05, 4.69) is 42.6 Å². The summed E-state index contributed by atoms with van der Waals surface area (Å²) in [6, 6.07) is 0.591. The zero-order valence-corrected chi connectivity index (χ0v) is 9.45. The average molecular weight is 195 g/mol. The van der Waals surface area contributed by atoms with Crippen LogP contribution >= 0.6 is 0 Å². The number of hydrogen-bond acceptors (Lipinski definition) is 3. The van der Waals surface area contributed by atoms with Gasteiger partial charge in [0, 0.05) is 13.2 Å². The maximum Gasteiger partial charge on any atom is 0.0515 e. The van der Waals surface area contributed by atoms with Crippen LogP contribution in [-0.4, -0.2) is 43.1 Å². The van der Waals surface area contributed by atoms with Gasteiger partial charge >= 0.3 is 0 Å². The number of likely N-dealkylation sites (tertiary alicyclic amines) is 1. The molecule has 80 valence electrons. The third-order valence-electron chi connectivity index (χ3n) is 3.47. The molecule has 0 radical (unpaired) electrons. The fraction of sp³-hybridized carbons (Fsp3) is 0.818. The zero-order chi connectivity index (χ0) is 10.1. The molecule has 3 nitrogen and oxygen atoms in total. The van der Waals surface area contributed by atoms with E-state index in [4.69, 9.17) is 0 Å². The Kier molecular flexibility index (Phi) is 2.79. The van der Waals surface area contributed by atoms with E-state index in [1.165, 1.54) is 31.5 Å². The standard InChI is InChI=1S/C11H21N3/c1-9-8-14(3)12-11(9)10-4-6-13(2)7-5-10/h8,10-12H,4-7H2,1-3H3. The summed E-state index contributed by atoms with van der Waals surface area (Å²) in [5.41, 5.74) is 5.00. The smallest absolute Gasteiger partial charge is 0.0515 e. The molecule has 3 heteroatoms. The topological polar surface area (TPSA) is 18.5 Å². The van der Waals surface area contributed by atoms with E-state index >= 15 is 0 Å². The molecule has 0 spiro atoms. The van der Waals surface area contributed by atoms with Crippen molar-refractivity contribution in [3.63, 3.8) is 0 Å². The SMILES string of the molecule is CC1=CN(C)NC1C1CCN(C)CC1. The van der Waals surface area contributed by atoms with Gasteiger partial charge < -0.3 is 9.91 Å². The van der Waals surface area contributed by atoms with Crippen LogP contribution in [0.1, 0.15) is 19.8 Å². The van der Waals surface area contributed by atoms with Gasteiger partial charge in [-0.15, -0.1) is 0 Å². The van der Waals surface area contributed by atoms with Crippen molar-refractivity contribution >= 4 is 0 Å². The number of hydrazine groups is 1. The van der Waals surface area contributed by atoms with Gasteiger partial charge in [-0.3, -0.25) is 0 Å². The van der Waals surface area contributed by atoms with Crippen molar-refractivity contribution < 1.29 is 0 Å². The number of nitrogens with one attached hydrogen (secondary N) is 1. The van der Waals surface area contributed by atoms with Crippen LogP contribution in [0, 0.1) is 5.92 Å². The van der Waals surface area contributed by atoms with E-state index in [0.29, 0.717) is 6.04 Å². The van der Waals surface area contributed by atoms with Crippen molar-refractivity contribution in [2.24, 2.45) is 5.92 Å². The lowest BCUT2D eigenvalue weighted by Crippen LogP contribution is -2.43. The van der Waals surface area contributed by atoms with Crippen LogP contribution in [0.4, 0.5) is 0 Å². The Balaban J connectivity index is 1.93. The number of nitrogens with zero attached hydrogens (tertiary/aromatic N) is 2. The molecule has 2 heterocycles. The highest BCUT2D eigenvalue weighted by Crippen LogP contribution is 2.26. The van der Waals surface area contributed by atoms with Gasteiger partial charge in [0.1, 0.15) is 0 Å². The van der Waals surface area contributed by atoms with Gasteiger partial charge in [-0.2, -0.15) is 0 Å². The molecule has 0 aromatic rings. The second-order valence-electron chi connectivity index (χ2n) is 4.73. The van der Waals surface area contributed by atoms with Crippen molar-refractivity contribution in [2.45, 2.75) is 25.8 Å². The van der Waals surface area contributed by atoms with Crippen molar-refractivity contribution in [1.82, 2.24) is 15.3 Å². The van der Waals surface area contributed by atoms with Crippen LogP contribution in [0.25, 0.3) is 0 Å². The molecule has 1 unspecified atom stereocenters. The largest absolute Gasteiger partial charge is 0.318 e. The van der Waals surface area contributed by atoms with Gasteiger partial charge in [0.25, 0.3) is 0 Å². The van der Waals surface area contributed by atoms with Crippen LogP contribution in [-0.2, 0) is 0 Å². The molecule has 2 rings (SSSR count). The summed E-state index contributed by atoms with van der Waals surface area (Å²) in [6.45, 7) is 4.74. The first-order valence-electron chi connectivity index (χ1n) is 5.52. The lowest BCUT2D eigenvalue weighted by Gasteiger charge is -2.33. The quantitative estimate of drug-likeness (QED) is 0.675. The van der Waals surface area contributed by atoms with Crippen molar-refractivity contribution in [3.8, 4) is 0 Å². The predicted molar refractivity (Wildman–Crippen MR) is 58.7 cm³/mol. The van der Waals surface area contributed by atoms with Crippen LogP contribution in [0.5, 0.6) is 0 Å². The normalized spacial score (nSPS) is 30.9. The molecule has 1 fully saturated rings. The Hall–Kier alpha value is -0.540. The van der Waals surface area contributed by atoms with Crippen molar-refractivity contribution in [3.05, 3.63) is 11.8 Å². The summed E-state index contributed by atoms with van der Waals surface area (Å²) in [7, 11) is 4.30. The van der Waals surface area contributed by atoms with Gasteiger partial charge in [-0.25, -0.2) is 5.43 Å². The van der Waals surface area contributed by atoms with Gasteiger partial charge in [0.2, 0.25) is 0 Å². The number of piperidine rings is 1. The fourth-order valence-corrected chi connectivity index (χ4v) is 2.58. The van der Waals surface area contributed by atoms with Gasteiger partial charge in [0.05, 0.1) is 6.04 Å². The lowest BCUT2D eigenvalue weighted by molar-refractivity contribution is 0.176. The predicted octanol–water partition coefficient (Wildman–Crippen LogP) is 1.05. The molecule has 2 aliphatic heterocycles. The second kappa shape index (κ2) is 3.91. The first-order valence-corrected chi connectivity index (χ1v) is 5.52.